The molecule has 32 heavy (non-hydrogen) atoms. The van der Waals surface area contributed by atoms with Crippen molar-refractivity contribution < 1.29 is 13.5 Å². The number of allylic oxidation sites excluding steroid dienone is 2. The molecule has 4 heterocycles. The van der Waals surface area contributed by atoms with Crippen molar-refractivity contribution in [3.63, 3.8) is 0 Å². The summed E-state index contributed by atoms with van der Waals surface area (Å²) in [7, 11) is 0. The number of ether oxygens (including phenoxy) is 1. The Balaban J connectivity index is 0.000000913. The second-order valence-corrected chi connectivity index (χ2v) is 8.50. The van der Waals surface area contributed by atoms with Crippen LogP contribution in [0.2, 0.25) is 0 Å². The molecule has 5 atom stereocenters. The number of nitrogens with zero attached hydrogens (tertiary/aromatic N) is 4. The maximum Gasteiger partial charge on any atom is 0.173 e. The van der Waals surface area contributed by atoms with Crippen LogP contribution in [0.5, 0.6) is 0 Å². The largest absolute Gasteiger partial charge is 0.378 e. The molecule has 2 N–H and O–H groups in total. The molecule has 0 bridgehead atoms. The molecule has 0 amide bonds. The molecule has 5 unspecified atom stereocenters. The lowest BCUT2D eigenvalue weighted by Crippen LogP contribution is -2.54. The van der Waals surface area contributed by atoms with Gasteiger partial charge in [0.1, 0.15) is 24.4 Å². The van der Waals surface area contributed by atoms with Gasteiger partial charge in [-0.2, -0.15) is 5.43 Å². The topological polar surface area (TPSA) is 64.5 Å². The Morgan fingerprint density at radius 1 is 1.34 bits per heavy atom. The molecule has 2 fully saturated rings. The summed E-state index contributed by atoms with van der Waals surface area (Å²) < 4.78 is 33.6. The van der Waals surface area contributed by atoms with Crippen LogP contribution in [0.1, 0.15) is 40.5 Å². The Morgan fingerprint density at radius 2 is 2.09 bits per heavy atom. The van der Waals surface area contributed by atoms with Gasteiger partial charge in [0, 0.05) is 31.7 Å². The Bertz CT molecular complexity index is 785. The Kier molecular flexibility index (Phi) is 8.56. The summed E-state index contributed by atoms with van der Waals surface area (Å²) in [5, 5.41) is 4.94. The molecular formula is C23H36F2N6O. The van der Waals surface area contributed by atoms with Crippen LogP contribution < -0.4 is 10.7 Å². The minimum atomic E-state index is -1.08. The Labute approximate surface area is 190 Å². The van der Waals surface area contributed by atoms with Crippen molar-refractivity contribution in [3.05, 3.63) is 35.7 Å². The minimum absolute atomic E-state index is 0.0701. The van der Waals surface area contributed by atoms with E-state index in [0.29, 0.717) is 32.0 Å². The second-order valence-electron chi connectivity index (χ2n) is 8.50. The van der Waals surface area contributed by atoms with Crippen LogP contribution in [0.3, 0.4) is 0 Å². The third-order valence-electron chi connectivity index (χ3n) is 5.78. The predicted molar refractivity (Wildman–Crippen MR) is 125 cm³/mol. The van der Waals surface area contributed by atoms with Gasteiger partial charge in [-0.1, -0.05) is 45.9 Å². The first kappa shape index (κ1) is 24.5. The van der Waals surface area contributed by atoms with Gasteiger partial charge in [-0.05, 0) is 18.9 Å². The van der Waals surface area contributed by atoms with Crippen LogP contribution in [0.15, 0.2) is 45.7 Å². The van der Waals surface area contributed by atoms with Gasteiger partial charge in [-0.15, -0.1) is 0 Å². The molecule has 2 saturated heterocycles. The van der Waals surface area contributed by atoms with Crippen molar-refractivity contribution in [1.82, 2.24) is 20.7 Å². The standard InChI is InChI=1S/C20H28F2N6O.C3H8/c1-4-13(5-2)17-18(27-8-12(3)14(21)9-27)19-25-20(26-28(19)11-23-17)24-16-6-7-29-10-15(16)22;1-3-2/h4-5,11-12,14-16,20,24,26H,1,6-10H2,2-3H3;3H2,1-2H3/b13-5+;. The van der Waals surface area contributed by atoms with Crippen LogP contribution in [-0.4, -0.2) is 73.1 Å². The molecule has 0 aliphatic carbocycles. The summed E-state index contributed by atoms with van der Waals surface area (Å²) in [4.78, 5) is 11.3. The summed E-state index contributed by atoms with van der Waals surface area (Å²) in [6.45, 7) is 13.4. The average Bonchev–Trinajstić information content (AvgIpc) is 3.33. The lowest BCUT2D eigenvalue weighted by Gasteiger charge is -2.30. The summed E-state index contributed by atoms with van der Waals surface area (Å²) in [5.74, 6) is 0.580. The molecule has 0 spiro atoms. The highest BCUT2D eigenvalue weighted by molar-refractivity contribution is 6.07. The smallest absolute Gasteiger partial charge is 0.173 e. The van der Waals surface area contributed by atoms with Crippen molar-refractivity contribution >= 4 is 12.2 Å². The van der Waals surface area contributed by atoms with E-state index < -0.39 is 18.6 Å². The van der Waals surface area contributed by atoms with Crippen molar-refractivity contribution in [2.24, 2.45) is 15.9 Å². The molecule has 0 radical (unpaired) electrons. The van der Waals surface area contributed by atoms with Crippen LogP contribution in [0, 0.1) is 5.92 Å². The van der Waals surface area contributed by atoms with Gasteiger partial charge < -0.3 is 9.64 Å². The zero-order valence-electron chi connectivity index (χ0n) is 19.5. The third-order valence-corrected chi connectivity index (χ3v) is 5.78. The summed E-state index contributed by atoms with van der Waals surface area (Å²) >= 11 is 0. The molecule has 0 aromatic carbocycles. The van der Waals surface area contributed by atoms with E-state index >= 15 is 0 Å². The SMILES string of the molecule is C=C/C(=C\C)C1=C(N2CC(C)C(F)C2)C2=NC(NC3CCOCC3F)NN2C=N1.CCC. The Morgan fingerprint density at radius 3 is 2.69 bits per heavy atom. The van der Waals surface area contributed by atoms with Gasteiger partial charge >= 0.3 is 0 Å². The number of rotatable bonds is 5. The Hall–Kier alpha value is -2.10. The molecule has 9 heteroatoms. The van der Waals surface area contributed by atoms with E-state index in [2.05, 4.69) is 36.2 Å². The van der Waals surface area contributed by atoms with E-state index in [1.54, 1.807) is 17.4 Å². The number of aliphatic imine (C=N–C) groups is 2. The molecule has 4 aliphatic rings. The quantitative estimate of drug-likeness (QED) is 0.630. The molecule has 178 valence electrons. The number of hydrogen-bond donors (Lipinski definition) is 2. The third kappa shape index (κ3) is 5.27. The summed E-state index contributed by atoms with van der Waals surface area (Å²) in [6.07, 6.45) is 4.67. The molecule has 0 aromatic rings. The van der Waals surface area contributed by atoms with Crippen LogP contribution in [0.4, 0.5) is 8.78 Å². The molecule has 7 nitrogen and oxygen atoms in total. The van der Waals surface area contributed by atoms with Gasteiger partial charge in [-0.25, -0.2) is 23.8 Å². The molecule has 4 aliphatic heterocycles. The number of nitrogens with one attached hydrogen (secondary N) is 2. The minimum Gasteiger partial charge on any atom is -0.378 e. The van der Waals surface area contributed by atoms with Crippen LogP contribution in [0.25, 0.3) is 0 Å². The molecular weight excluding hydrogens is 414 g/mol. The van der Waals surface area contributed by atoms with E-state index in [4.69, 9.17) is 9.73 Å². The lowest BCUT2D eigenvalue weighted by molar-refractivity contribution is 0.00950. The fourth-order valence-electron chi connectivity index (χ4n) is 4.08. The number of likely N-dealkylation sites (tertiary alicyclic amines) is 1. The van der Waals surface area contributed by atoms with Crippen molar-refractivity contribution in [1.29, 1.82) is 0 Å². The molecule has 0 saturated carbocycles. The fraction of sp³-hybridized carbons (Fsp3) is 0.652. The maximum absolute atomic E-state index is 14.3. The normalized spacial score (nSPS) is 32.5. The molecule has 0 aromatic heterocycles. The second kappa shape index (κ2) is 11.2. The van der Waals surface area contributed by atoms with E-state index in [9.17, 15) is 8.78 Å². The van der Waals surface area contributed by atoms with Gasteiger partial charge in [0.2, 0.25) is 0 Å². The fourth-order valence-corrected chi connectivity index (χ4v) is 4.08. The highest BCUT2D eigenvalue weighted by atomic mass is 19.1. The van der Waals surface area contributed by atoms with Crippen LogP contribution >= 0.6 is 0 Å². The summed E-state index contributed by atoms with van der Waals surface area (Å²) in [5.41, 5.74) is 5.54. The van der Waals surface area contributed by atoms with Crippen LogP contribution in [-0.2, 0) is 4.74 Å². The molecule has 4 rings (SSSR count). The number of hydrazine groups is 1. The average molecular weight is 451 g/mol. The zero-order chi connectivity index (χ0) is 23.3. The number of fused-ring (bicyclic) bond motifs is 1. The highest BCUT2D eigenvalue weighted by Crippen LogP contribution is 2.32. The van der Waals surface area contributed by atoms with E-state index in [1.807, 2.05) is 24.8 Å². The number of hydrogen-bond acceptors (Lipinski definition) is 7. The van der Waals surface area contributed by atoms with Gasteiger partial charge in [-0.3, -0.25) is 5.32 Å². The van der Waals surface area contributed by atoms with E-state index in [-0.39, 0.29) is 18.6 Å². The first-order valence-corrected chi connectivity index (χ1v) is 11.5. The van der Waals surface area contributed by atoms with Gasteiger partial charge in [0.15, 0.2) is 12.1 Å². The number of amidine groups is 1. The first-order chi connectivity index (χ1) is 15.4. The maximum atomic E-state index is 14.3. The van der Waals surface area contributed by atoms with Gasteiger partial charge in [0.25, 0.3) is 0 Å². The lowest BCUT2D eigenvalue weighted by atomic mass is 10.1. The first-order valence-electron chi connectivity index (χ1n) is 11.5. The number of alkyl halides is 2. The predicted octanol–water partition coefficient (Wildman–Crippen LogP) is 3.30. The van der Waals surface area contributed by atoms with Crippen molar-refractivity contribution in [3.8, 4) is 0 Å². The number of halogens is 2. The summed E-state index contributed by atoms with van der Waals surface area (Å²) in [6, 6.07) is -0.336. The zero-order valence-corrected chi connectivity index (χ0v) is 19.5. The van der Waals surface area contributed by atoms with Crippen molar-refractivity contribution in [2.45, 2.75) is 65.2 Å². The van der Waals surface area contributed by atoms with E-state index in [1.165, 1.54) is 6.42 Å². The van der Waals surface area contributed by atoms with E-state index in [0.717, 1.165) is 17.0 Å². The van der Waals surface area contributed by atoms with Gasteiger partial charge in [0.05, 0.1) is 12.3 Å². The monoisotopic (exact) mass is 450 g/mol. The highest BCUT2D eigenvalue weighted by Gasteiger charge is 2.40. The van der Waals surface area contributed by atoms with Crippen molar-refractivity contribution in [2.75, 3.05) is 26.3 Å².